The van der Waals surface area contributed by atoms with Gasteiger partial charge in [0.25, 0.3) is 5.91 Å². The number of H-pyrrole nitrogens is 1. The van der Waals surface area contributed by atoms with E-state index < -0.39 is 5.54 Å². The number of allylic oxidation sites excluding steroid dienone is 4. The number of carbonyl (C=O) groups is 1. The molecular formula is C25H30N6O. The highest BCUT2D eigenvalue weighted by molar-refractivity contribution is 6.08. The van der Waals surface area contributed by atoms with E-state index in [4.69, 9.17) is 4.99 Å². The Morgan fingerprint density at radius 1 is 1.25 bits per heavy atom. The third kappa shape index (κ3) is 4.20. The Labute approximate surface area is 189 Å². The van der Waals surface area contributed by atoms with Gasteiger partial charge < -0.3 is 0 Å². The lowest BCUT2D eigenvalue weighted by atomic mass is 9.96. The first-order chi connectivity index (χ1) is 15.6. The molecule has 166 valence electrons. The van der Waals surface area contributed by atoms with E-state index >= 15 is 0 Å². The van der Waals surface area contributed by atoms with Crippen LogP contribution < -0.4 is 0 Å². The second-order valence-electron chi connectivity index (χ2n) is 8.49. The highest BCUT2D eigenvalue weighted by Crippen LogP contribution is 2.40. The van der Waals surface area contributed by atoms with Crippen molar-refractivity contribution in [1.82, 2.24) is 25.5 Å². The predicted octanol–water partition coefficient (Wildman–Crippen LogP) is 4.73. The summed E-state index contributed by atoms with van der Waals surface area (Å²) >= 11 is 0. The normalized spacial score (nSPS) is 17.8. The summed E-state index contributed by atoms with van der Waals surface area (Å²) in [5, 5.41) is 14.1. The molecule has 1 spiro atoms. The number of tetrazole rings is 1. The Morgan fingerprint density at radius 3 is 2.62 bits per heavy atom. The molecule has 2 aromatic rings. The molecule has 0 unspecified atom stereocenters. The first kappa shape index (κ1) is 21.9. The smallest absolute Gasteiger partial charge is 0.256 e. The molecule has 32 heavy (non-hydrogen) atoms. The van der Waals surface area contributed by atoms with Crippen LogP contribution in [0.15, 0.2) is 54.6 Å². The maximum absolute atomic E-state index is 13.3. The minimum Gasteiger partial charge on any atom is -0.294 e. The van der Waals surface area contributed by atoms with Gasteiger partial charge in [-0.3, -0.25) is 14.7 Å². The van der Waals surface area contributed by atoms with Gasteiger partial charge in [-0.1, -0.05) is 75.8 Å². The minimum atomic E-state index is -0.495. The molecule has 7 heteroatoms. The number of unbranched alkanes of at least 4 members (excludes halogenated alkanes) is 1. The van der Waals surface area contributed by atoms with Crippen LogP contribution >= 0.6 is 0 Å². The Bertz CT molecular complexity index is 1040. The van der Waals surface area contributed by atoms with Crippen LogP contribution in [0.25, 0.3) is 11.1 Å². The van der Waals surface area contributed by atoms with Crippen LogP contribution in [-0.2, 0) is 11.3 Å². The van der Waals surface area contributed by atoms with E-state index in [2.05, 4.69) is 52.8 Å². The topological polar surface area (TPSA) is 87.1 Å². The van der Waals surface area contributed by atoms with Gasteiger partial charge in [-0.25, -0.2) is 0 Å². The first-order valence-electron chi connectivity index (χ1n) is 11.3. The fourth-order valence-corrected chi connectivity index (χ4v) is 4.57. The molecule has 1 N–H and O–H groups in total. The van der Waals surface area contributed by atoms with Crippen molar-refractivity contribution in [2.24, 2.45) is 4.99 Å². The van der Waals surface area contributed by atoms with Crippen LogP contribution in [0.3, 0.4) is 0 Å². The monoisotopic (exact) mass is 430 g/mol. The molecular weight excluding hydrogens is 400 g/mol. The van der Waals surface area contributed by atoms with Crippen molar-refractivity contribution in [3.63, 3.8) is 0 Å². The summed E-state index contributed by atoms with van der Waals surface area (Å²) in [7, 11) is 0. The summed E-state index contributed by atoms with van der Waals surface area (Å²) in [4.78, 5) is 20.2. The zero-order valence-electron chi connectivity index (χ0n) is 18.7. The Balaban J connectivity index is 1.54. The number of aliphatic imine (C=N–C) groups is 1. The summed E-state index contributed by atoms with van der Waals surface area (Å²) in [5.74, 6) is 1.59. The van der Waals surface area contributed by atoms with Crippen LogP contribution in [-0.4, -0.2) is 42.8 Å². The zero-order valence-corrected chi connectivity index (χ0v) is 18.7. The average molecular weight is 431 g/mol. The molecule has 1 fully saturated rings. The van der Waals surface area contributed by atoms with Crippen molar-refractivity contribution >= 4 is 22.9 Å². The van der Waals surface area contributed by atoms with Crippen molar-refractivity contribution in [2.45, 2.75) is 64.0 Å². The van der Waals surface area contributed by atoms with Crippen molar-refractivity contribution in [3.05, 3.63) is 66.5 Å². The Hall–Kier alpha value is -3.35. The highest BCUT2D eigenvalue weighted by atomic mass is 16.2. The van der Waals surface area contributed by atoms with Gasteiger partial charge in [0.15, 0.2) is 0 Å². The van der Waals surface area contributed by atoms with Gasteiger partial charge in [-0.05, 0) is 41.2 Å². The van der Waals surface area contributed by atoms with E-state index in [1.54, 1.807) is 6.08 Å². The van der Waals surface area contributed by atoms with Crippen LogP contribution in [0.2, 0.25) is 0 Å². The van der Waals surface area contributed by atoms with Crippen molar-refractivity contribution in [2.75, 3.05) is 0 Å². The van der Waals surface area contributed by atoms with E-state index in [9.17, 15) is 4.79 Å². The lowest BCUT2D eigenvalue weighted by Crippen LogP contribution is -2.40. The number of carbonyl (C=O) groups excluding carboxylic acids is 1. The third-order valence-corrected chi connectivity index (χ3v) is 6.31. The van der Waals surface area contributed by atoms with Gasteiger partial charge >= 0.3 is 0 Å². The van der Waals surface area contributed by atoms with Crippen LogP contribution in [0.1, 0.15) is 68.8 Å². The molecule has 1 amide bonds. The van der Waals surface area contributed by atoms with Gasteiger partial charge in [-0.2, -0.15) is 5.21 Å². The van der Waals surface area contributed by atoms with Gasteiger partial charge in [0.2, 0.25) is 5.82 Å². The summed E-state index contributed by atoms with van der Waals surface area (Å²) in [6.07, 6.45) is 10.5. The number of amidine groups is 1. The number of aromatic amines is 1. The highest BCUT2D eigenvalue weighted by Gasteiger charge is 2.49. The number of aromatic nitrogens is 4. The summed E-state index contributed by atoms with van der Waals surface area (Å²) < 4.78 is 0. The van der Waals surface area contributed by atoms with Gasteiger partial charge in [-0.15, -0.1) is 10.2 Å². The fraction of sp³-hybridized carbons (Fsp3) is 0.400. The SMILES string of the molecule is C=C/C=C(\C(=C)c1nn[nH]n1)c1ccc(CN2C(=O)C3(CCCC3)N=C2CCCC)cc1. The number of nitrogens with zero attached hydrogens (tertiary/aromatic N) is 5. The molecule has 1 saturated carbocycles. The van der Waals surface area contributed by atoms with Crippen molar-refractivity contribution < 1.29 is 4.79 Å². The number of rotatable bonds is 9. The maximum Gasteiger partial charge on any atom is 0.256 e. The van der Waals surface area contributed by atoms with E-state index in [0.717, 1.165) is 67.5 Å². The molecule has 0 saturated heterocycles. The van der Waals surface area contributed by atoms with Crippen LogP contribution in [0.4, 0.5) is 0 Å². The van der Waals surface area contributed by atoms with Gasteiger partial charge in [0, 0.05) is 12.0 Å². The lowest BCUT2D eigenvalue weighted by molar-refractivity contribution is -0.131. The van der Waals surface area contributed by atoms with E-state index in [1.165, 1.54) is 0 Å². The Kier molecular flexibility index (Phi) is 6.44. The molecule has 1 aliphatic heterocycles. The van der Waals surface area contributed by atoms with E-state index in [-0.39, 0.29) is 5.91 Å². The number of hydrogen-bond donors (Lipinski definition) is 1. The molecule has 1 aromatic carbocycles. The number of nitrogens with one attached hydrogen (secondary N) is 1. The second-order valence-corrected chi connectivity index (χ2v) is 8.49. The molecule has 0 atom stereocenters. The minimum absolute atomic E-state index is 0.183. The van der Waals surface area contributed by atoms with E-state index in [1.807, 2.05) is 23.1 Å². The third-order valence-electron chi connectivity index (χ3n) is 6.31. The maximum atomic E-state index is 13.3. The molecule has 2 aliphatic rings. The quantitative estimate of drug-likeness (QED) is 0.583. The standard InChI is InChI=1S/C25H30N6O/c1-4-6-10-22-26-25(15-7-8-16-25)24(32)31(22)17-19-11-13-20(14-12-19)21(9-5-2)18(3)23-27-29-30-28-23/h5,9,11-14H,2-4,6-8,10,15-17H2,1H3,(H,27,28,29,30)/b21-9+. The molecule has 2 heterocycles. The van der Waals surface area contributed by atoms with Gasteiger partial charge in [0.05, 0.1) is 6.54 Å². The fourth-order valence-electron chi connectivity index (χ4n) is 4.57. The first-order valence-corrected chi connectivity index (χ1v) is 11.3. The number of amides is 1. The predicted molar refractivity (Wildman–Crippen MR) is 127 cm³/mol. The molecule has 1 aliphatic carbocycles. The summed E-state index contributed by atoms with van der Waals surface area (Å²) in [5.41, 5.74) is 3.09. The van der Waals surface area contributed by atoms with Crippen molar-refractivity contribution in [1.29, 1.82) is 0 Å². The number of benzene rings is 1. The van der Waals surface area contributed by atoms with Crippen LogP contribution in [0.5, 0.6) is 0 Å². The molecule has 7 nitrogen and oxygen atoms in total. The second kappa shape index (κ2) is 9.42. The molecule has 0 bridgehead atoms. The van der Waals surface area contributed by atoms with E-state index in [0.29, 0.717) is 17.9 Å². The van der Waals surface area contributed by atoms with Crippen LogP contribution in [0, 0.1) is 0 Å². The largest absolute Gasteiger partial charge is 0.294 e. The average Bonchev–Trinajstić information content (AvgIpc) is 3.55. The molecule has 0 radical (unpaired) electrons. The number of hydrogen-bond acceptors (Lipinski definition) is 5. The zero-order chi connectivity index (χ0) is 22.6. The van der Waals surface area contributed by atoms with Crippen molar-refractivity contribution in [3.8, 4) is 0 Å². The summed E-state index contributed by atoms with van der Waals surface area (Å²) in [6.45, 7) is 10.7. The molecule has 1 aromatic heterocycles. The summed E-state index contributed by atoms with van der Waals surface area (Å²) in [6, 6.07) is 8.18. The lowest BCUT2D eigenvalue weighted by Gasteiger charge is -2.23. The Morgan fingerprint density at radius 2 is 2.00 bits per heavy atom. The molecule has 4 rings (SSSR count). The van der Waals surface area contributed by atoms with Gasteiger partial charge in [0.1, 0.15) is 11.4 Å².